The van der Waals surface area contributed by atoms with Crippen molar-refractivity contribution in [3.63, 3.8) is 0 Å². The summed E-state index contributed by atoms with van der Waals surface area (Å²) < 4.78 is 0. The van der Waals surface area contributed by atoms with Crippen LogP contribution in [0.2, 0.25) is 13.1 Å². The Hall–Kier alpha value is 1.16. The summed E-state index contributed by atoms with van der Waals surface area (Å²) in [5, 5.41) is 0. The average molecular weight is 359 g/mol. The maximum atomic E-state index is 3.30. The molecular formula is C12H24Cl2SiZr-. The van der Waals surface area contributed by atoms with Gasteiger partial charge in [-0.1, -0.05) is 40.8 Å². The summed E-state index contributed by atoms with van der Waals surface area (Å²) in [7, 11) is 0.750. The van der Waals surface area contributed by atoms with E-state index >= 15 is 0 Å². The Bertz CT molecular complexity index is 218. The minimum Gasteiger partial charge on any atom is -0.269 e. The largest absolute Gasteiger partial charge is 0.269 e. The molecule has 95 valence electrons. The molecule has 0 atom stereocenters. The van der Waals surface area contributed by atoms with E-state index in [9.17, 15) is 0 Å². The standard InChI is InChI=1S/C10H15.C2H7Si.2ClH.Zr/c1-8-5-6-9(7-8)10(2,3)4;1-3-2;;;/h7H,6H2,1-4H3;3H,1-2H3;2*1H;/q-1;;;;. The Kier molecular flexibility index (Phi) is 20.4. The fraction of sp³-hybridized carbons (Fsp3) is 0.667. The Balaban J connectivity index is -0.000000109. The van der Waals surface area contributed by atoms with E-state index in [1.807, 2.05) is 0 Å². The SMILES string of the molecule is CC1=[C-]CC(C(C)(C)C)=C1.C[SiH]C.Cl.Cl.[Zr]. The normalized spacial score (nSPS) is 12.9. The van der Waals surface area contributed by atoms with Crippen molar-refractivity contribution in [3.8, 4) is 0 Å². The molecule has 1 aliphatic carbocycles. The third kappa shape index (κ3) is 11.6. The predicted octanol–water partition coefficient (Wildman–Crippen LogP) is 4.47. The third-order valence-electron chi connectivity index (χ3n) is 1.91. The molecule has 1 radical (unpaired) electrons. The molecular weight excluding hydrogens is 334 g/mol. The van der Waals surface area contributed by atoms with Gasteiger partial charge in [0, 0.05) is 35.7 Å². The summed E-state index contributed by atoms with van der Waals surface area (Å²) in [6.07, 6.45) is 6.59. The van der Waals surface area contributed by atoms with E-state index in [1.54, 1.807) is 0 Å². The van der Waals surface area contributed by atoms with Crippen LogP contribution in [0.25, 0.3) is 0 Å². The monoisotopic (exact) mass is 356 g/mol. The van der Waals surface area contributed by atoms with Gasteiger partial charge in [0.2, 0.25) is 0 Å². The molecule has 16 heavy (non-hydrogen) atoms. The quantitative estimate of drug-likeness (QED) is 0.443. The number of hydrogen-bond acceptors (Lipinski definition) is 0. The smallest absolute Gasteiger partial charge is 0.0213 e. The van der Waals surface area contributed by atoms with Gasteiger partial charge in [-0.15, -0.1) is 31.2 Å². The van der Waals surface area contributed by atoms with Crippen LogP contribution >= 0.6 is 24.8 Å². The Labute approximate surface area is 136 Å². The second-order valence-corrected chi connectivity index (χ2v) is 5.69. The summed E-state index contributed by atoms with van der Waals surface area (Å²) in [4.78, 5) is 0. The van der Waals surface area contributed by atoms with Crippen LogP contribution in [-0.2, 0) is 26.2 Å². The number of rotatable bonds is 0. The predicted molar refractivity (Wildman–Crippen MR) is 78.0 cm³/mol. The first kappa shape index (κ1) is 25.9. The molecule has 0 amide bonds. The minimum atomic E-state index is 0. The van der Waals surface area contributed by atoms with Gasteiger partial charge in [-0.25, -0.2) is 11.6 Å². The summed E-state index contributed by atoms with van der Waals surface area (Å²) in [6, 6.07) is 0. The van der Waals surface area contributed by atoms with Crippen LogP contribution < -0.4 is 0 Å². The van der Waals surface area contributed by atoms with Crippen LogP contribution in [0.5, 0.6) is 0 Å². The van der Waals surface area contributed by atoms with E-state index in [-0.39, 0.29) is 51.0 Å². The van der Waals surface area contributed by atoms with Crippen LogP contribution in [-0.4, -0.2) is 9.52 Å². The topological polar surface area (TPSA) is 0 Å². The summed E-state index contributed by atoms with van der Waals surface area (Å²) in [6.45, 7) is 13.3. The van der Waals surface area contributed by atoms with Crippen molar-refractivity contribution in [2.45, 2.75) is 47.2 Å². The fourth-order valence-corrected chi connectivity index (χ4v) is 1.08. The number of allylic oxidation sites excluding steroid dienone is 4. The third-order valence-corrected chi connectivity index (χ3v) is 1.91. The van der Waals surface area contributed by atoms with Crippen molar-refractivity contribution >= 4 is 34.3 Å². The second kappa shape index (κ2) is 12.6. The molecule has 0 aliphatic heterocycles. The molecule has 0 aromatic heterocycles. The van der Waals surface area contributed by atoms with Crippen molar-refractivity contribution < 1.29 is 26.2 Å². The second-order valence-electron chi connectivity index (χ2n) is 4.53. The molecule has 0 nitrogen and oxygen atoms in total. The van der Waals surface area contributed by atoms with Crippen molar-refractivity contribution in [1.29, 1.82) is 0 Å². The number of hydrogen-bond donors (Lipinski definition) is 0. The zero-order chi connectivity index (χ0) is 10.5. The van der Waals surface area contributed by atoms with Crippen LogP contribution in [0.3, 0.4) is 0 Å². The van der Waals surface area contributed by atoms with Gasteiger partial charge in [0.05, 0.1) is 0 Å². The van der Waals surface area contributed by atoms with E-state index in [0.717, 1.165) is 15.9 Å². The van der Waals surface area contributed by atoms with Gasteiger partial charge in [-0.05, 0) is 5.41 Å². The molecule has 0 fully saturated rings. The van der Waals surface area contributed by atoms with Gasteiger partial charge in [0.25, 0.3) is 0 Å². The molecule has 1 rings (SSSR count). The Morgan fingerprint density at radius 3 is 1.69 bits per heavy atom. The summed E-state index contributed by atoms with van der Waals surface area (Å²) in [5.74, 6) is 0. The van der Waals surface area contributed by atoms with Crippen LogP contribution in [0, 0.1) is 11.5 Å². The van der Waals surface area contributed by atoms with Crippen molar-refractivity contribution in [1.82, 2.24) is 0 Å². The first-order chi connectivity index (χ1) is 5.91. The van der Waals surface area contributed by atoms with Crippen LogP contribution in [0.1, 0.15) is 34.1 Å². The Morgan fingerprint density at radius 1 is 1.19 bits per heavy atom. The first-order valence-corrected chi connectivity index (χ1v) is 7.25. The fourth-order valence-electron chi connectivity index (χ4n) is 1.08. The van der Waals surface area contributed by atoms with Gasteiger partial charge in [-0.2, -0.15) is 5.57 Å². The van der Waals surface area contributed by atoms with Gasteiger partial charge in [0.1, 0.15) is 0 Å². The molecule has 4 heteroatoms. The van der Waals surface area contributed by atoms with E-state index in [0.29, 0.717) is 5.41 Å². The Morgan fingerprint density at radius 2 is 1.56 bits per heavy atom. The van der Waals surface area contributed by atoms with Crippen molar-refractivity contribution in [3.05, 3.63) is 23.3 Å². The molecule has 0 heterocycles. The van der Waals surface area contributed by atoms with E-state index in [2.05, 4.69) is 52.9 Å². The summed E-state index contributed by atoms with van der Waals surface area (Å²) in [5.41, 5.74) is 3.14. The van der Waals surface area contributed by atoms with Gasteiger partial charge in [0.15, 0.2) is 0 Å². The summed E-state index contributed by atoms with van der Waals surface area (Å²) >= 11 is 0. The molecule has 0 unspecified atom stereocenters. The van der Waals surface area contributed by atoms with Gasteiger partial charge in [-0.3, -0.25) is 6.08 Å². The van der Waals surface area contributed by atoms with Gasteiger partial charge >= 0.3 is 0 Å². The minimum absolute atomic E-state index is 0. The maximum absolute atomic E-state index is 3.30. The van der Waals surface area contributed by atoms with Crippen molar-refractivity contribution in [2.75, 3.05) is 0 Å². The zero-order valence-electron chi connectivity index (χ0n) is 11.2. The maximum Gasteiger partial charge on any atom is 0.0213 e. The number of halogens is 2. The molecule has 0 saturated heterocycles. The molecule has 0 aromatic carbocycles. The molecule has 1 aliphatic rings. The molecule has 0 saturated carbocycles. The molecule has 0 spiro atoms. The molecule has 0 bridgehead atoms. The van der Waals surface area contributed by atoms with E-state index in [1.165, 1.54) is 11.1 Å². The van der Waals surface area contributed by atoms with Crippen LogP contribution in [0.15, 0.2) is 17.2 Å². The zero-order valence-corrected chi connectivity index (χ0v) is 16.4. The van der Waals surface area contributed by atoms with E-state index in [4.69, 9.17) is 0 Å². The van der Waals surface area contributed by atoms with E-state index < -0.39 is 0 Å². The van der Waals surface area contributed by atoms with Gasteiger partial charge < -0.3 is 0 Å². The van der Waals surface area contributed by atoms with Crippen LogP contribution in [0.4, 0.5) is 0 Å². The van der Waals surface area contributed by atoms with Crippen molar-refractivity contribution in [2.24, 2.45) is 5.41 Å². The average Bonchev–Trinajstić information content (AvgIpc) is 2.35. The molecule has 0 aromatic rings. The molecule has 0 N–H and O–H groups in total. The first-order valence-electron chi connectivity index (χ1n) is 4.94.